The molecule has 2 heterocycles. The molecule has 0 aliphatic carbocycles. The maximum atomic E-state index is 13.2. The molecule has 1 fully saturated rings. The summed E-state index contributed by atoms with van der Waals surface area (Å²) in [6.45, 7) is 1.98. The lowest BCUT2D eigenvalue weighted by atomic mass is 9.97. The second kappa shape index (κ2) is 7.62. The number of aromatic nitrogens is 1. The summed E-state index contributed by atoms with van der Waals surface area (Å²) >= 11 is 0. The normalized spacial score (nSPS) is 20.1. The molecule has 4 nitrogen and oxygen atoms in total. The van der Waals surface area contributed by atoms with E-state index in [9.17, 15) is 44.3 Å². The van der Waals surface area contributed by atoms with E-state index in [0.29, 0.717) is 12.1 Å². The minimum absolute atomic E-state index is 0.0694. The van der Waals surface area contributed by atoms with Crippen molar-refractivity contribution in [2.45, 2.75) is 51.1 Å². The summed E-state index contributed by atoms with van der Waals surface area (Å²) in [5.74, 6) is 0. The molecule has 1 aliphatic heterocycles. The van der Waals surface area contributed by atoms with Crippen LogP contribution in [0.4, 0.5) is 44.3 Å². The number of amides is 1. The summed E-state index contributed by atoms with van der Waals surface area (Å²) in [7, 11) is 0. The first-order valence-electron chi connectivity index (χ1n) is 9.01. The Hall–Kier alpha value is -2.86. The topological polar surface area (TPSA) is 45.3 Å². The molecule has 176 valence electrons. The number of halogens is 9. The maximum Gasteiger partial charge on any atom is 0.418 e. The van der Waals surface area contributed by atoms with Crippen LogP contribution in [0.25, 0.3) is 0 Å². The van der Waals surface area contributed by atoms with Gasteiger partial charge < -0.3 is 9.72 Å². The van der Waals surface area contributed by atoms with Crippen LogP contribution in [0.15, 0.2) is 24.3 Å². The second-order valence-electron chi connectivity index (χ2n) is 7.35. The van der Waals surface area contributed by atoms with Gasteiger partial charge in [-0.25, -0.2) is 4.79 Å². The zero-order valence-corrected chi connectivity index (χ0v) is 16.3. The Morgan fingerprint density at radius 1 is 0.906 bits per heavy atom. The molecule has 0 saturated carbocycles. The number of nitrogens with one attached hydrogen (secondary N) is 1. The molecule has 2 atom stereocenters. The highest BCUT2D eigenvalue weighted by molar-refractivity contribution is 5.71. The van der Waals surface area contributed by atoms with Gasteiger partial charge in [-0.15, -0.1) is 0 Å². The molecule has 1 amide bonds. The molecule has 1 aromatic carbocycles. The number of rotatable bonds is 3. The fourth-order valence-corrected chi connectivity index (χ4v) is 3.50. The standard InChI is InChI=1S/C19H15F9N2O2/c1-8-3-13(19(26,27)28)14(29-8)7-30-9(2)15(32-16(30)31)10-4-11(17(20,21)22)6-12(5-10)18(23,24)25/h3-6,9,15,29H,7H2,1-2H3/t9-,15?/m0/s1. The highest BCUT2D eigenvalue weighted by Gasteiger charge is 2.44. The third-order valence-corrected chi connectivity index (χ3v) is 5.00. The molecular weight excluding hydrogens is 459 g/mol. The predicted molar refractivity (Wildman–Crippen MR) is 91.2 cm³/mol. The van der Waals surface area contributed by atoms with E-state index in [1.807, 2.05) is 0 Å². The molecule has 0 radical (unpaired) electrons. The van der Waals surface area contributed by atoms with Crippen LogP contribution in [0.2, 0.25) is 0 Å². The monoisotopic (exact) mass is 474 g/mol. The average Bonchev–Trinajstić information content (AvgIpc) is 3.14. The van der Waals surface area contributed by atoms with E-state index in [4.69, 9.17) is 4.74 Å². The molecule has 13 heteroatoms. The molecule has 3 rings (SSSR count). The summed E-state index contributed by atoms with van der Waals surface area (Å²) < 4.78 is 123. The number of aryl methyl sites for hydroxylation is 1. The van der Waals surface area contributed by atoms with E-state index in [-0.39, 0.29) is 17.5 Å². The SMILES string of the molecule is Cc1cc(C(F)(F)F)c(CN2C(=O)OC(c3cc(C(F)(F)F)cc(C(F)(F)F)c3)[C@@H]2C)[nH]1. The summed E-state index contributed by atoms with van der Waals surface area (Å²) in [4.78, 5) is 15.5. The smallest absolute Gasteiger partial charge is 0.418 e. The Morgan fingerprint density at radius 2 is 1.44 bits per heavy atom. The first-order chi connectivity index (χ1) is 14.5. The number of hydrogen-bond acceptors (Lipinski definition) is 2. The Morgan fingerprint density at radius 3 is 1.91 bits per heavy atom. The van der Waals surface area contributed by atoms with Crippen molar-refractivity contribution in [3.05, 3.63) is 57.9 Å². The number of aromatic amines is 1. The predicted octanol–water partition coefficient (Wildman–Crippen LogP) is 6.46. The molecule has 0 spiro atoms. The molecule has 1 N–H and O–H groups in total. The van der Waals surface area contributed by atoms with Crippen LogP contribution in [0.1, 0.15) is 46.7 Å². The summed E-state index contributed by atoms with van der Waals surface area (Å²) in [5.41, 5.74) is -5.05. The summed E-state index contributed by atoms with van der Waals surface area (Å²) in [6, 6.07) is 0.443. The molecular formula is C19H15F9N2O2. The van der Waals surface area contributed by atoms with Crippen molar-refractivity contribution >= 4 is 6.09 Å². The summed E-state index contributed by atoms with van der Waals surface area (Å²) in [6.07, 6.45) is -17.7. The lowest BCUT2D eigenvalue weighted by Crippen LogP contribution is -2.32. The Balaban J connectivity index is 1.97. The van der Waals surface area contributed by atoms with E-state index >= 15 is 0 Å². The molecule has 1 aromatic heterocycles. The number of benzene rings is 1. The fraction of sp³-hybridized carbons (Fsp3) is 0.421. The van der Waals surface area contributed by atoms with Gasteiger partial charge in [-0.05, 0) is 43.7 Å². The van der Waals surface area contributed by atoms with Crippen LogP contribution in [0.5, 0.6) is 0 Å². The van der Waals surface area contributed by atoms with Crippen molar-refractivity contribution in [2.75, 3.05) is 0 Å². The number of carbonyl (C=O) groups is 1. The molecule has 1 unspecified atom stereocenters. The first kappa shape index (κ1) is 23.8. The largest absolute Gasteiger partial charge is 0.439 e. The molecule has 1 saturated heterocycles. The van der Waals surface area contributed by atoms with Gasteiger partial charge in [-0.2, -0.15) is 39.5 Å². The van der Waals surface area contributed by atoms with Gasteiger partial charge in [0.05, 0.1) is 29.3 Å². The number of nitrogens with zero attached hydrogens (tertiary/aromatic N) is 1. The van der Waals surface area contributed by atoms with Crippen molar-refractivity contribution in [1.82, 2.24) is 9.88 Å². The van der Waals surface area contributed by atoms with Gasteiger partial charge in [0.1, 0.15) is 6.10 Å². The lowest BCUT2D eigenvalue weighted by Gasteiger charge is -2.22. The minimum atomic E-state index is -5.11. The van der Waals surface area contributed by atoms with Crippen LogP contribution in [0.3, 0.4) is 0 Å². The average molecular weight is 474 g/mol. The Kier molecular flexibility index (Phi) is 5.67. The van der Waals surface area contributed by atoms with Gasteiger partial charge in [0, 0.05) is 11.4 Å². The summed E-state index contributed by atoms with van der Waals surface area (Å²) in [5, 5.41) is 0. The highest BCUT2D eigenvalue weighted by Crippen LogP contribution is 2.41. The molecule has 1 aliphatic rings. The quantitative estimate of drug-likeness (QED) is 0.519. The van der Waals surface area contributed by atoms with Gasteiger partial charge in [-0.3, -0.25) is 4.90 Å². The number of carbonyl (C=O) groups excluding carboxylic acids is 1. The third-order valence-electron chi connectivity index (χ3n) is 5.00. The molecule has 32 heavy (non-hydrogen) atoms. The van der Waals surface area contributed by atoms with Gasteiger partial charge in [0.25, 0.3) is 0 Å². The van der Waals surface area contributed by atoms with Crippen LogP contribution in [-0.2, 0) is 29.8 Å². The lowest BCUT2D eigenvalue weighted by molar-refractivity contribution is -0.143. The minimum Gasteiger partial charge on any atom is -0.439 e. The zero-order chi connectivity index (χ0) is 24.2. The van der Waals surface area contributed by atoms with Crippen LogP contribution in [0, 0.1) is 6.92 Å². The van der Waals surface area contributed by atoms with E-state index in [2.05, 4.69) is 4.98 Å². The van der Waals surface area contributed by atoms with E-state index in [0.717, 1.165) is 11.0 Å². The van der Waals surface area contributed by atoms with Gasteiger partial charge >= 0.3 is 24.6 Å². The maximum absolute atomic E-state index is 13.2. The molecule has 0 bridgehead atoms. The Bertz CT molecular complexity index is 989. The third kappa shape index (κ3) is 4.65. The van der Waals surface area contributed by atoms with Crippen LogP contribution >= 0.6 is 0 Å². The van der Waals surface area contributed by atoms with E-state index in [1.165, 1.54) is 13.8 Å². The van der Waals surface area contributed by atoms with Crippen LogP contribution < -0.4 is 0 Å². The number of ether oxygens (including phenoxy) is 1. The van der Waals surface area contributed by atoms with Gasteiger partial charge in [0.2, 0.25) is 0 Å². The number of hydrogen-bond donors (Lipinski definition) is 1. The van der Waals surface area contributed by atoms with E-state index < -0.39 is 65.6 Å². The van der Waals surface area contributed by atoms with E-state index in [1.54, 1.807) is 0 Å². The van der Waals surface area contributed by atoms with Crippen molar-refractivity contribution in [3.8, 4) is 0 Å². The first-order valence-corrected chi connectivity index (χ1v) is 9.01. The number of H-pyrrole nitrogens is 1. The fourth-order valence-electron chi connectivity index (χ4n) is 3.50. The number of cyclic esters (lactones) is 1. The van der Waals surface area contributed by atoms with Gasteiger partial charge in [-0.1, -0.05) is 0 Å². The number of alkyl halides is 9. The second-order valence-corrected chi connectivity index (χ2v) is 7.35. The molecule has 2 aromatic rings. The van der Waals surface area contributed by atoms with Crippen LogP contribution in [-0.4, -0.2) is 22.0 Å². The zero-order valence-electron chi connectivity index (χ0n) is 16.3. The van der Waals surface area contributed by atoms with Crippen molar-refractivity contribution in [1.29, 1.82) is 0 Å². The van der Waals surface area contributed by atoms with Crippen molar-refractivity contribution < 1.29 is 49.0 Å². The van der Waals surface area contributed by atoms with Crippen molar-refractivity contribution in [2.24, 2.45) is 0 Å². The highest BCUT2D eigenvalue weighted by atomic mass is 19.4. The Labute approximate surface area is 175 Å². The van der Waals surface area contributed by atoms with Crippen molar-refractivity contribution in [3.63, 3.8) is 0 Å². The van der Waals surface area contributed by atoms with Gasteiger partial charge in [0.15, 0.2) is 0 Å².